The van der Waals surface area contributed by atoms with E-state index >= 15 is 4.39 Å². The fraction of sp³-hybridized carbons (Fsp3) is 0.257. The molecule has 5 aromatic rings. The molecule has 0 bridgehead atoms. The van der Waals surface area contributed by atoms with Crippen LogP contribution in [-0.4, -0.2) is 40.3 Å². The number of hydrogen-bond donors (Lipinski definition) is 0. The van der Waals surface area contributed by atoms with Crippen molar-refractivity contribution in [3.63, 3.8) is 0 Å². The zero-order chi connectivity index (χ0) is 31.7. The number of imidazole rings is 1. The zero-order valence-corrected chi connectivity index (χ0v) is 25.0. The summed E-state index contributed by atoms with van der Waals surface area (Å²) < 4.78 is 48.4. The van der Waals surface area contributed by atoms with E-state index in [9.17, 15) is 9.18 Å². The molecule has 1 atom stereocenters. The van der Waals surface area contributed by atoms with E-state index in [0.29, 0.717) is 46.9 Å². The van der Waals surface area contributed by atoms with Crippen molar-refractivity contribution in [2.75, 3.05) is 13.7 Å². The number of fused-ring (bicyclic) bond motifs is 1. The molecule has 0 saturated carbocycles. The lowest BCUT2D eigenvalue weighted by Crippen LogP contribution is -2.49. The van der Waals surface area contributed by atoms with E-state index in [1.54, 1.807) is 48.5 Å². The maximum atomic E-state index is 15.6. The number of ether oxygens (including phenoxy) is 3. The quantitative estimate of drug-likeness (QED) is 0.173. The molecule has 3 aromatic carbocycles. The first-order valence-corrected chi connectivity index (χ1v) is 14.4. The molecule has 1 unspecified atom stereocenters. The van der Waals surface area contributed by atoms with Crippen molar-refractivity contribution < 1.29 is 27.8 Å². The molecule has 1 aliphatic heterocycles. The molecule has 1 aliphatic rings. The smallest absolute Gasteiger partial charge is 0.337 e. The minimum atomic E-state index is -0.538. The molecule has 0 N–H and O–H groups in total. The molecule has 45 heavy (non-hydrogen) atoms. The number of carbonyl (C=O) groups excluding carboxylic acids is 1. The van der Waals surface area contributed by atoms with Gasteiger partial charge in [0.2, 0.25) is 5.88 Å². The van der Waals surface area contributed by atoms with E-state index in [2.05, 4.69) is 18.8 Å². The molecule has 6 rings (SSSR count). The van der Waals surface area contributed by atoms with Gasteiger partial charge >= 0.3 is 5.97 Å². The average Bonchev–Trinajstić information content (AvgIpc) is 3.38. The van der Waals surface area contributed by atoms with Crippen LogP contribution in [0, 0.1) is 28.4 Å². The highest BCUT2D eigenvalue weighted by atomic mass is 19.1. The van der Waals surface area contributed by atoms with Gasteiger partial charge in [0.05, 0.1) is 60.3 Å². The van der Waals surface area contributed by atoms with Gasteiger partial charge in [-0.25, -0.2) is 23.5 Å². The van der Waals surface area contributed by atoms with Crippen molar-refractivity contribution >= 4 is 17.0 Å². The molecule has 10 heteroatoms. The minimum absolute atomic E-state index is 0.0256. The largest absolute Gasteiger partial charge is 0.473 e. The van der Waals surface area contributed by atoms with Crippen molar-refractivity contribution in [2.24, 2.45) is 5.41 Å². The highest BCUT2D eigenvalue weighted by Gasteiger charge is 2.40. The monoisotopic (exact) mass is 608 g/mol. The SMILES string of the molecule is COC(=O)c1ccc2nc(Cc3ccc(-c4cccc(OCc5ccc(C#N)cc5F)n4)cc3F)n(CC3OCC3(C)C)c2c1. The number of pyridine rings is 1. The molecule has 228 valence electrons. The summed E-state index contributed by atoms with van der Waals surface area (Å²) in [4.78, 5) is 21.5. The molecule has 2 aromatic heterocycles. The minimum Gasteiger partial charge on any atom is -0.473 e. The van der Waals surface area contributed by atoms with Crippen LogP contribution in [-0.2, 0) is 29.0 Å². The second-order valence-corrected chi connectivity index (χ2v) is 11.7. The lowest BCUT2D eigenvalue weighted by molar-refractivity contribution is -0.173. The number of carbonyl (C=O) groups is 1. The Kier molecular flexibility index (Phi) is 8.04. The van der Waals surface area contributed by atoms with Crippen LogP contribution in [0.4, 0.5) is 8.78 Å². The number of aromatic nitrogens is 3. The van der Waals surface area contributed by atoms with Gasteiger partial charge in [-0.15, -0.1) is 0 Å². The van der Waals surface area contributed by atoms with Gasteiger partial charge in [-0.1, -0.05) is 38.1 Å². The Labute approximate surface area is 258 Å². The molecule has 1 saturated heterocycles. The number of nitrogens with zero attached hydrogens (tertiary/aromatic N) is 4. The Morgan fingerprint density at radius 2 is 1.84 bits per heavy atom. The summed E-state index contributed by atoms with van der Waals surface area (Å²) in [6.45, 7) is 5.35. The number of methoxy groups -OCH3 is 1. The maximum Gasteiger partial charge on any atom is 0.337 e. The molecule has 0 aliphatic carbocycles. The molecule has 8 nitrogen and oxygen atoms in total. The van der Waals surface area contributed by atoms with Crippen LogP contribution in [0.3, 0.4) is 0 Å². The standard InChI is InChI=1S/C35H30F2N4O4/c1-35(2)20-45-31(35)18-41-30-15-24(34(42)43-3)11-12-29(30)39-32(41)16-22-9-10-23(14-27(22)37)28-5-4-6-33(40-28)44-19-25-8-7-21(17-38)13-26(25)36/h4-15,31H,16,18-20H2,1-3H3. The highest BCUT2D eigenvalue weighted by Crippen LogP contribution is 2.36. The third-order valence-electron chi connectivity index (χ3n) is 8.10. The zero-order valence-electron chi connectivity index (χ0n) is 25.0. The van der Waals surface area contributed by atoms with Gasteiger partial charge in [0, 0.05) is 29.0 Å². The fourth-order valence-corrected chi connectivity index (χ4v) is 5.32. The van der Waals surface area contributed by atoms with Gasteiger partial charge in [-0.05, 0) is 48.0 Å². The van der Waals surface area contributed by atoms with Crippen LogP contribution in [0.15, 0.2) is 72.8 Å². The van der Waals surface area contributed by atoms with Gasteiger partial charge in [-0.3, -0.25) is 0 Å². The van der Waals surface area contributed by atoms with Crippen molar-refractivity contribution in [3.05, 3.63) is 113 Å². The topological polar surface area (TPSA) is 99.3 Å². The Bertz CT molecular complexity index is 1960. The third kappa shape index (κ3) is 6.12. The highest BCUT2D eigenvalue weighted by molar-refractivity contribution is 5.93. The Morgan fingerprint density at radius 1 is 1.04 bits per heavy atom. The Balaban J connectivity index is 1.24. The normalized spacial score (nSPS) is 15.3. The van der Waals surface area contributed by atoms with E-state index in [-0.39, 0.29) is 41.6 Å². The predicted molar refractivity (Wildman–Crippen MR) is 162 cm³/mol. The molecule has 0 spiro atoms. The number of benzene rings is 3. The molecule has 1 fully saturated rings. The van der Waals surface area contributed by atoms with E-state index in [1.807, 2.05) is 10.6 Å². The summed E-state index contributed by atoms with van der Waals surface area (Å²) in [5, 5.41) is 8.94. The van der Waals surface area contributed by atoms with Crippen LogP contribution in [0.1, 0.15) is 46.7 Å². The second-order valence-electron chi connectivity index (χ2n) is 11.7. The summed E-state index contributed by atoms with van der Waals surface area (Å²) in [5.74, 6) is -0.508. The van der Waals surface area contributed by atoms with E-state index in [4.69, 9.17) is 24.5 Å². The fourth-order valence-electron chi connectivity index (χ4n) is 5.32. The van der Waals surface area contributed by atoms with Crippen molar-refractivity contribution in [1.29, 1.82) is 5.26 Å². The lowest BCUT2D eigenvalue weighted by Gasteiger charge is -2.44. The van der Waals surface area contributed by atoms with Gasteiger partial charge in [0.25, 0.3) is 0 Å². The summed E-state index contributed by atoms with van der Waals surface area (Å²) in [6.07, 6.45) is 0.158. The Morgan fingerprint density at radius 3 is 2.53 bits per heavy atom. The number of hydrogen-bond acceptors (Lipinski definition) is 7. The molecule has 0 radical (unpaired) electrons. The van der Waals surface area contributed by atoms with Gasteiger partial charge in [0.1, 0.15) is 24.1 Å². The van der Waals surface area contributed by atoms with E-state index < -0.39 is 17.6 Å². The summed E-state index contributed by atoms with van der Waals surface area (Å²) in [7, 11) is 1.34. The maximum absolute atomic E-state index is 15.6. The molecule has 3 heterocycles. The number of nitriles is 1. The number of rotatable bonds is 9. The van der Waals surface area contributed by atoms with Crippen molar-refractivity contribution in [2.45, 2.75) is 39.5 Å². The first-order chi connectivity index (χ1) is 21.6. The van der Waals surface area contributed by atoms with E-state index in [0.717, 1.165) is 11.6 Å². The van der Waals surface area contributed by atoms with Gasteiger partial charge in [0.15, 0.2) is 0 Å². The van der Waals surface area contributed by atoms with Crippen LogP contribution >= 0.6 is 0 Å². The number of esters is 1. The first kappa shape index (κ1) is 29.9. The predicted octanol–water partition coefficient (Wildman–Crippen LogP) is 6.63. The summed E-state index contributed by atoms with van der Waals surface area (Å²) in [6, 6.07) is 21.3. The van der Waals surface area contributed by atoms with E-state index in [1.165, 1.54) is 25.3 Å². The number of halogens is 2. The summed E-state index contributed by atoms with van der Waals surface area (Å²) >= 11 is 0. The molecular weight excluding hydrogens is 578 g/mol. The lowest BCUT2D eigenvalue weighted by atomic mass is 9.82. The third-order valence-corrected chi connectivity index (χ3v) is 8.10. The average molecular weight is 609 g/mol. The van der Waals surface area contributed by atoms with Gasteiger partial charge < -0.3 is 18.8 Å². The summed E-state index contributed by atoms with van der Waals surface area (Å²) in [5.41, 5.74) is 3.81. The molecular formula is C35H30F2N4O4. The van der Waals surface area contributed by atoms with Crippen LogP contribution in [0.2, 0.25) is 0 Å². The van der Waals surface area contributed by atoms with Crippen LogP contribution < -0.4 is 4.74 Å². The Hall–Kier alpha value is -5.14. The van der Waals surface area contributed by atoms with Gasteiger partial charge in [-0.2, -0.15) is 5.26 Å². The van der Waals surface area contributed by atoms with Crippen molar-refractivity contribution in [1.82, 2.24) is 14.5 Å². The second kappa shape index (κ2) is 12.1. The van der Waals surface area contributed by atoms with Crippen molar-refractivity contribution in [3.8, 4) is 23.2 Å². The molecule has 0 amide bonds. The van der Waals surface area contributed by atoms with Crippen LogP contribution in [0.25, 0.3) is 22.3 Å². The first-order valence-electron chi connectivity index (χ1n) is 14.4. The van der Waals surface area contributed by atoms with Crippen LogP contribution in [0.5, 0.6) is 5.88 Å².